The van der Waals surface area contributed by atoms with Gasteiger partial charge in [0, 0.05) is 18.1 Å². The molecule has 144 valence electrons. The van der Waals surface area contributed by atoms with Crippen LogP contribution in [0.25, 0.3) is 20.5 Å². The molecule has 4 aromatic rings. The fourth-order valence-corrected chi connectivity index (χ4v) is 4.76. The number of rotatable bonds is 4. The first-order chi connectivity index (χ1) is 14.0. The highest BCUT2D eigenvalue weighted by Crippen LogP contribution is 2.45. The number of phenolic OH excluding ortho intramolecular Hbond substituents is 1. The Labute approximate surface area is 169 Å². The highest BCUT2D eigenvalue weighted by molar-refractivity contribution is 7.35. The summed E-state index contributed by atoms with van der Waals surface area (Å²) in [6.45, 7) is 1.31. The highest BCUT2D eigenvalue weighted by Gasteiger charge is 2.29. The number of aromatic hydroxyl groups is 1. The second-order valence-corrected chi connectivity index (χ2v) is 7.85. The van der Waals surface area contributed by atoms with Gasteiger partial charge in [0.2, 0.25) is 0 Å². The minimum atomic E-state index is -1.53. The maximum Gasteiger partial charge on any atom is 0.308 e. The van der Waals surface area contributed by atoms with Crippen molar-refractivity contribution in [2.75, 3.05) is 0 Å². The van der Waals surface area contributed by atoms with E-state index in [4.69, 9.17) is 4.74 Å². The molecule has 1 heterocycles. The number of ether oxygens (including phenoxy) is 1. The summed E-state index contributed by atoms with van der Waals surface area (Å²) in [5.74, 6) is -0.277. The van der Waals surface area contributed by atoms with Crippen LogP contribution in [0.3, 0.4) is 0 Å². The van der Waals surface area contributed by atoms with Crippen molar-refractivity contribution < 1.29 is 24.0 Å². The molecule has 5 nitrogen and oxygen atoms in total. The number of hydrogen-bond acceptors (Lipinski definition) is 5. The van der Waals surface area contributed by atoms with Crippen LogP contribution in [0.4, 0.5) is 0 Å². The Morgan fingerprint density at radius 1 is 0.931 bits per heavy atom. The zero-order valence-electron chi connectivity index (χ0n) is 15.4. The highest BCUT2D eigenvalue weighted by atomic mass is 32.2. The summed E-state index contributed by atoms with van der Waals surface area (Å²) in [6.07, 6.45) is 0. The lowest BCUT2D eigenvalue weighted by atomic mass is 9.97. The molecule has 0 spiro atoms. The minimum Gasteiger partial charge on any atom is -0.590 e. The Morgan fingerprint density at radius 3 is 2.24 bits per heavy atom. The summed E-state index contributed by atoms with van der Waals surface area (Å²) in [5, 5.41) is 10.1. The molecule has 0 aliphatic heterocycles. The van der Waals surface area contributed by atoms with Gasteiger partial charge in [-0.25, -0.2) is 0 Å². The zero-order valence-corrected chi connectivity index (χ0v) is 16.2. The van der Waals surface area contributed by atoms with E-state index in [1.165, 1.54) is 31.2 Å². The van der Waals surface area contributed by atoms with E-state index in [2.05, 4.69) is 0 Å². The normalized spacial score (nSPS) is 11.4. The quantitative estimate of drug-likeness (QED) is 0.221. The number of ketones is 1. The predicted molar refractivity (Wildman–Crippen MR) is 111 cm³/mol. The van der Waals surface area contributed by atoms with Crippen molar-refractivity contribution in [1.29, 1.82) is 0 Å². The first kappa shape index (κ1) is 18.9. The average Bonchev–Trinajstić information content (AvgIpc) is 3.01. The first-order valence-corrected chi connectivity index (χ1v) is 9.98. The van der Waals surface area contributed by atoms with Crippen LogP contribution in [-0.4, -0.2) is 21.4 Å². The van der Waals surface area contributed by atoms with Gasteiger partial charge in [-0.05, 0) is 71.4 Å². The molecule has 0 radical (unpaired) electrons. The molecule has 4 rings (SSSR count). The Hall–Kier alpha value is -3.48. The molecule has 29 heavy (non-hydrogen) atoms. The summed E-state index contributed by atoms with van der Waals surface area (Å²) >= 11 is 0. The molecule has 0 bridgehead atoms. The van der Waals surface area contributed by atoms with E-state index in [1.807, 2.05) is 0 Å². The molecule has 0 aliphatic rings. The number of carbonyl (C=O) groups is 2. The van der Waals surface area contributed by atoms with E-state index in [1.54, 1.807) is 48.5 Å². The van der Waals surface area contributed by atoms with E-state index >= 15 is 0 Å². The minimum absolute atomic E-state index is 0.0622. The van der Waals surface area contributed by atoms with Crippen LogP contribution in [0.15, 0.2) is 72.8 Å². The van der Waals surface area contributed by atoms with Gasteiger partial charge in [0.25, 0.3) is 0 Å². The van der Waals surface area contributed by atoms with Crippen molar-refractivity contribution in [3.05, 3.63) is 83.9 Å². The summed E-state index contributed by atoms with van der Waals surface area (Å²) in [4.78, 5) is 24.9. The topological polar surface area (TPSA) is 86.7 Å². The van der Waals surface area contributed by atoms with Gasteiger partial charge in [-0.3, -0.25) is 9.59 Å². The Balaban J connectivity index is 1.90. The Kier molecular flexibility index (Phi) is 4.88. The molecule has 0 saturated carbocycles. The lowest BCUT2D eigenvalue weighted by Gasteiger charge is -2.05. The lowest BCUT2D eigenvalue weighted by Crippen LogP contribution is -2.02. The average molecular weight is 404 g/mol. The van der Waals surface area contributed by atoms with Gasteiger partial charge < -0.3 is 14.4 Å². The molecule has 1 N–H and O–H groups in total. The van der Waals surface area contributed by atoms with E-state index in [0.29, 0.717) is 37.4 Å². The number of benzene rings is 3. The van der Waals surface area contributed by atoms with Crippen LogP contribution in [0.1, 0.15) is 22.8 Å². The van der Waals surface area contributed by atoms with Crippen molar-refractivity contribution in [2.24, 2.45) is 0 Å². The molecule has 1 aromatic heterocycles. The van der Waals surface area contributed by atoms with Crippen LogP contribution in [0.2, 0.25) is 0 Å². The number of carbonyl (C=O) groups excluding carboxylic acids is 2. The Morgan fingerprint density at radius 2 is 1.59 bits per heavy atom. The van der Waals surface area contributed by atoms with E-state index < -0.39 is 16.7 Å². The zero-order chi connectivity index (χ0) is 20.5. The molecular weight excluding hydrogens is 388 g/mol. The van der Waals surface area contributed by atoms with Crippen molar-refractivity contribution in [2.45, 2.75) is 6.92 Å². The summed E-state index contributed by atoms with van der Waals surface area (Å²) in [6, 6.07) is 19.6. The lowest BCUT2D eigenvalue weighted by molar-refractivity contribution is -0.131. The monoisotopic (exact) mass is 404 g/mol. The number of thiophene rings is 1. The number of fused-ring (bicyclic) bond motifs is 1. The van der Waals surface area contributed by atoms with Gasteiger partial charge in [0.1, 0.15) is 11.5 Å². The predicted octanol–water partition coefficient (Wildman–Crippen LogP) is 5.10. The second kappa shape index (κ2) is 7.50. The van der Waals surface area contributed by atoms with Crippen LogP contribution in [0.5, 0.6) is 11.5 Å². The molecule has 1 unspecified atom stereocenters. The fraction of sp³-hybridized carbons (Fsp3) is 0.0435. The summed E-state index contributed by atoms with van der Waals surface area (Å²) in [5.41, 5.74) is 1.36. The van der Waals surface area contributed by atoms with Gasteiger partial charge in [-0.2, -0.15) is 0 Å². The molecule has 0 amide bonds. The molecule has 0 fully saturated rings. The van der Waals surface area contributed by atoms with Crippen molar-refractivity contribution >= 4 is 32.6 Å². The number of phenols is 1. The maximum atomic E-state index is 13.3. The summed E-state index contributed by atoms with van der Waals surface area (Å²) < 4.78 is 18.9. The number of esters is 1. The maximum absolute atomic E-state index is 13.3. The van der Waals surface area contributed by atoms with Crippen LogP contribution < -0.4 is 4.74 Å². The fourth-order valence-electron chi connectivity index (χ4n) is 3.23. The van der Waals surface area contributed by atoms with Crippen LogP contribution in [-0.2, 0) is 4.79 Å². The standard InChI is InChI=1S/C23H16O5S/c1-14(24)28-18-12-8-16(9-13-18)23-21(19-4-2-3-5-20(19)29(23)27)22(26)15-6-10-17(25)11-7-15/h2-13,25H,1H3. The molecule has 0 aliphatic carbocycles. The van der Waals surface area contributed by atoms with Crippen molar-refractivity contribution in [3.8, 4) is 21.9 Å². The van der Waals surface area contributed by atoms with Gasteiger partial charge in [-0.15, -0.1) is 0 Å². The SMILES string of the molecule is CC(=O)Oc1ccc(-c2c(C(=O)c3ccc(O)cc3)c3ccccc3[s+]2[O-])cc1. The van der Waals surface area contributed by atoms with Crippen molar-refractivity contribution in [1.82, 2.24) is 0 Å². The van der Waals surface area contributed by atoms with Gasteiger partial charge in [0.05, 0.1) is 10.9 Å². The largest absolute Gasteiger partial charge is 0.590 e. The molecule has 3 aromatic carbocycles. The van der Waals surface area contributed by atoms with E-state index in [9.17, 15) is 19.2 Å². The van der Waals surface area contributed by atoms with Gasteiger partial charge >= 0.3 is 5.97 Å². The third kappa shape index (κ3) is 3.51. The van der Waals surface area contributed by atoms with Crippen LogP contribution >= 0.6 is 10.8 Å². The number of hydrogen-bond donors (Lipinski definition) is 1. The van der Waals surface area contributed by atoms with Gasteiger partial charge in [-0.1, -0.05) is 12.1 Å². The third-order valence-corrected chi connectivity index (χ3v) is 6.07. The van der Waals surface area contributed by atoms with E-state index in [0.717, 1.165) is 0 Å². The van der Waals surface area contributed by atoms with Gasteiger partial charge in [0.15, 0.2) is 15.4 Å². The first-order valence-electron chi connectivity index (χ1n) is 8.84. The molecular formula is C23H16O5S. The third-order valence-electron chi connectivity index (χ3n) is 4.50. The Bertz CT molecular complexity index is 1220. The molecule has 6 heteroatoms. The second-order valence-electron chi connectivity index (χ2n) is 6.46. The smallest absolute Gasteiger partial charge is 0.308 e. The molecule has 1 atom stereocenters. The van der Waals surface area contributed by atoms with Crippen molar-refractivity contribution in [3.63, 3.8) is 0 Å². The molecule has 0 saturated heterocycles. The van der Waals surface area contributed by atoms with Crippen LogP contribution in [0, 0.1) is 0 Å². The summed E-state index contributed by atoms with van der Waals surface area (Å²) in [7, 11) is -1.53. The van der Waals surface area contributed by atoms with E-state index in [-0.39, 0.29) is 11.5 Å².